The van der Waals surface area contributed by atoms with Gasteiger partial charge < -0.3 is 10.1 Å². The highest BCUT2D eigenvalue weighted by Gasteiger charge is 2.31. The molecule has 0 aliphatic rings. The lowest BCUT2D eigenvalue weighted by molar-refractivity contribution is -0.137. The molecule has 25 heavy (non-hydrogen) atoms. The van der Waals surface area contributed by atoms with Crippen LogP contribution >= 0.6 is 23.2 Å². The standard InChI is InChI=1S/C15H15Cl2F3N4O/c1-2-11-12(17)13(24-8-23-11)21-4-3-5-25-14-10(16)6-9(7-22-14)15(18,19)20/h6-8H,2-5H2,1H3,(H,21,23,24). The van der Waals surface area contributed by atoms with Gasteiger partial charge in [-0.2, -0.15) is 13.2 Å². The number of anilines is 1. The molecule has 0 fully saturated rings. The van der Waals surface area contributed by atoms with Gasteiger partial charge in [0, 0.05) is 12.7 Å². The lowest BCUT2D eigenvalue weighted by atomic mass is 10.3. The zero-order valence-corrected chi connectivity index (χ0v) is 14.7. The minimum Gasteiger partial charge on any atom is -0.477 e. The average Bonchev–Trinajstić information content (AvgIpc) is 2.56. The highest BCUT2D eigenvalue weighted by molar-refractivity contribution is 6.33. The van der Waals surface area contributed by atoms with Crippen molar-refractivity contribution in [3.05, 3.63) is 39.9 Å². The fourth-order valence-corrected chi connectivity index (χ4v) is 2.43. The first-order valence-corrected chi connectivity index (χ1v) is 8.17. The van der Waals surface area contributed by atoms with Gasteiger partial charge in [-0.05, 0) is 18.9 Å². The Bertz CT molecular complexity index is 728. The second kappa shape index (κ2) is 8.53. The number of nitrogens with zero attached hydrogens (tertiary/aromatic N) is 3. The predicted octanol–water partition coefficient (Wildman–Crippen LogP) is 4.64. The Hall–Kier alpha value is -1.80. The van der Waals surface area contributed by atoms with E-state index in [0.717, 1.165) is 11.8 Å². The smallest absolute Gasteiger partial charge is 0.417 e. The number of aryl methyl sites for hydroxylation is 1. The van der Waals surface area contributed by atoms with Gasteiger partial charge in [0.25, 0.3) is 0 Å². The molecule has 2 heterocycles. The maximum atomic E-state index is 12.5. The van der Waals surface area contributed by atoms with Crippen LogP contribution in [0.3, 0.4) is 0 Å². The Balaban J connectivity index is 1.82. The monoisotopic (exact) mass is 394 g/mol. The van der Waals surface area contributed by atoms with Crippen LogP contribution in [-0.2, 0) is 12.6 Å². The van der Waals surface area contributed by atoms with Gasteiger partial charge in [0.15, 0.2) is 0 Å². The summed E-state index contributed by atoms with van der Waals surface area (Å²) in [7, 11) is 0. The van der Waals surface area contributed by atoms with Crippen LogP contribution in [0.25, 0.3) is 0 Å². The fourth-order valence-electron chi connectivity index (χ4n) is 1.91. The van der Waals surface area contributed by atoms with E-state index >= 15 is 0 Å². The molecule has 0 atom stereocenters. The van der Waals surface area contributed by atoms with Gasteiger partial charge in [-0.1, -0.05) is 30.1 Å². The van der Waals surface area contributed by atoms with Gasteiger partial charge >= 0.3 is 6.18 Å². The lowest BCUT2D eigenvalue weighted by Crippen LogP contribution is -2.11. The second-order valence-electron chi connectivity index (χ2n) is 4.97. The minimum absolute atomic E-state index is 0.0389. The third kappa shape index (κ3) is 5.34. The maximum absolute atomic E-state index is 12.5. The quantitative estimate of drug-likeness (QED) is 0.693. The zero-order chi connectivity index (χ0) is 18.4. The number of alkyl halides is 3. The van der Waals surface area contributed by atoms with Crippen LogP contribution in [0.4, 0.5) is 19.0 Å². The fraction of sp³-hybridized carbons (Fsp3) is 0.400. The number of nitrogens with one attached hydrogen (secondary N) is 1. The van der Waals surface area contributed by atoms with E-state index in [2.05, 4.69) is 20.3 Å². The van der Waals surface area contributed by atoms with Gasteiger partial charge in [-0.25, -0.2) is 15.0 Å². The number of ether oxygens (including phenoxy) is 1. The molecule has 0 saturated carbocycles. The molecule has 5 nitrogen and oxygen atoms in total. The summed E-state index contributed by atoms with van der Waals surface area (Å²) in [6.45, 7) is 2.65. The highest BCUT2D eigenvalue weighted by Crippen LogP contribution is 2.33. The van der Waals surface area contributed by atoms with Gasteiger partial charge in [-0.15, -0.1) is 0 Å². The molecule has 136 valence electrons. The molecule has 0 aliphatic carbocycles. The van der Waals surface area contributed by atoms with Crippen LogP contribution in [0.1, 0.15) is 24.6 Å². The van der Waals surface area contributed by atoms with E-state index < -0.39 is 11.7 Å². The highest BCUT2D eigenvalue weighted by atomic mass is 35.5. The van der Waals surface area contributed by atoms with E-state index in [1.54, 1.807) is 0 Å². The van der Waals surface area contributed by atoms with Crippen LogP contribution in [0.5, 0.6) is 5.88 Å². The normalized spacial score (nSPS) is 11.4. The Morgan fingerprint density at radius 3 is 2.60 bits per heavy atom. The van der Waals surface area contributed by atoms with Crippen molar-refractivity contribution in [2.75, 3.05) is 18.5 Å². The van der Waals surface area contributed by atoms with Crippen molar-refractivity contribution in [2.24, 2.45) is 0 Å². The molecule has 1 N–H and O–H groups in total. The van der Waals surface area contributed by atoms with Crippen molar-refractivity contribution in [3.63, 3.8) is 0 Å². The van der Waals surface area contributed by atoms with Crippen LogP contribution < -0.4 is 10.1 Å². The lowest BCUT2D eigenvalue weighted by Gasteiger charge is -2.11. The Morgan fingerprint density at radius 2 is 1.96 bits per heavy atom. The molecule has 0 saturated heterocycles. The Labute approximate surface area is 152 Å². The first kappa shape index (κ1) is 19.5. The van der Waals surface area contributed by atoms with Gasteiger partial charge in [-0.3, -0.25) is 0 Å². The summed E-state index contributed by atoms with van der Waals surface area (Å²) >= 11 is 11.9. The van der Waals surface area contributed by atoms with Crippen LogP contribution in [0, 0.1) is 0 Å². The molecule has 0 amide bonds. The minimum atomic E-state index is -4.49. The van der Waals surface area contributed by atoms with E-state index in [1.807, 2.05) is 6.92 Å². The van der Waals surface area contributed by atoms with Gasteiger partial charge in [0.2, 0.25) is 5.88 Å². The Morgan fingerprint density at radius 1 is 1.20 bits per heavy atom. The summed E-state index contributed by atoms with van der Waals surface area (Å²) in [5, 5.41) is 3.34. The largest absolute Gasteiger partial charge is 0.477 e. The summed E-state index contributed by atoms with van der Waals surface area (Å²) in [5.74, 6) is 0.488. The number of hydrogen-bond donors (Lipinski definition) is 1. The van der Waals surface area contributed by atoms with E-state index in [0.29, 0.717) is 36.4 Å². The number of rotatable bonds is 7. The molecule has 2 aromatic heterocycles. The summed E-state index contributed by atoms with van der Waals surface area (Å²) in [5.41, 5.74) is -0.173. The first-order valence-electron chi connectivity index (χ1n) is 7.41. The second-order valence-corrected chi connectivity index (χ2v) is 5.76. The molecule has 0 aliphatic heterocycles. The molecule has 2 aromatic rings. The SMILES string of the molecule is CCc1ncnc(NCCCOc2ncc(C(F)(F)F)cc2Cl)c1Cl. The molecule has 0 radical (unpaired) electrons. The van der Waals surface area contributed by atoms with Crippen LogP contribution in [0.15, 0.2) is 18.6 Å². The summed E-state index contributed by atoms with van der Waals surface area (Å²) in [6.07, 6.45) is -1.15. The van der Waals surface area contributed by atoms with Crippen molar-refractivity contribution < 1.29 is 17.9 Å². The molecule has 2 rings (SSSR count). The Kier molecular flexibility index (Phi) is 6.66. The van der Waals surface area contributed by atoms with Crippen molar-refractivity contribution in [3.8, 4) is 5.88 Å². The number of aromatic nitrogens is 3. The molecule has 0 unspecified atom stereocenters. The number of halogens is 5. The number of pyridine rings is 1. The summed E-state index contributed by atoms with van der Waals surface area (Å²) < 4.78 is 42.9. The summed E-state index contributed by atoms with van der Waals surface area (Å²) in [6, 6.07) is 0.787. The van der Waals surface area contributed by atoms with Crippen molar-refractivity contribution in [1.82, 2.24) is 15.0 Å². The van der Waals surface area contributed by atoms with Gasteiger partial charge in [0.1, 0.15) is 22.2 Å². The third-order valence-electron chi connectivity index (χ3n) is 3.18. The molecule has 0 spiro atoms. The molecular weight excluding hydrogens is 380 g/mol. The van der Waals surface area contributed by atoms with Crippen molar-refractivity contribution in [2.45, 2.75) is 25.9 Å². The molecule has 10 heteroatoms. The zero-order valence-electron chi connectivity index (χ0n) is 13.2. The van der Waals surface area contributed by atoms with Crippen LogP contribution in [-0.4, -0.2) is 28.1 Å². The van der Waals surface area contributed by atoms with E-state index in [-0.39, 0.29) is 17.5 Å². The predicted molar refractivity (Wildman–Crippen MR) is 89.3 cm³/mol. The van der Waals surface area contributed by atoms with Crippen molar-refractivity contribution in [1.29, 1.82) is 0 Å². The van der Waals surface area contributed by atoms with E-state index in [4.69, 9.17) is 27.9 Å². The molecular formula is C15H15Cl2F3N4O. The first-order chi connectivity index (χ1) is 11.8. The number of hydrogen-bond acceptors (Lipinski definition) is 5. The average molecular weight is 395 g/mol. The van der Waals surface area contributed by atoms with Crippen molar-refractivity contribution >= 4 is 29.0 Å². The van der Waals surface area contributed by atoms with Gasteiger partial charge in [0.05, 0.1) is 17.9 Å². The van der Waals surface area contributed by atoms with E-state index in [1.165, 1.54) is 6.33 Å². The molecule has 0 bridgehead atoms. The van der Waals surface area contributed by atoms with E-state index in [9.17, 15) is 13.2 Å². The topological polar surface area (TPSA) is 59.9 Å². The molecule has 0 aromatic carbocycles. The summed E-state index contributed by atoms with van der Waals surface area (Å²) in [4.78, 5) is 11.7. The maximum Gasteiger partial charge on any atom is 0.417 e. The van der Waals surface area contributed by atoms with Crippen LogP contribution in [0.2, 0.25) is 10.0 Å². The third-order valence-corrected chi connectivity index (χ3v) is 3.85.